The van der Waals surface area contributed by atoms with Crippen LogP contribution in [0.3, 0.4) is 0 Å². The molecule has 2 aliphatic heterocycles. The maximum Gasteiger partial charge on any atom is 0.241 e. The van der Waals surface area contributed by atoms with Gasteiger partial charge in [-0.2, -0.15) is 4.31 Å². The van der Waals surface area contributed by atoms with E-state index in [-0.39, 0.29) is 18.3 Å². The number of carbonyl (C=O) groups excluding carboxylic acids is 1. The monoisotopic (exact) mass is 350 g/mol. The molecule has 134 valence electrons. The molecule has 0 bridgehead atoms. The number of carbonyl (C=O) groups is 1. The van der Waals surface area contributed by atoms with E-state index in [0.717, 1.165) is 0 Å². The van der Waals surface area contributed by atoms with Gasteiger partial charge in [-0.25, -0.2) is 8.42 Å². The second kappa shape index (κ2) is 8.93. The van der Waals surface area contributed by atoms with Gasteiger partial charge in [0.2, 0.25) is 15.9 Å². The van der Waals surface area contributed by atoms with Crippen LogP contribution in [0.1, 0.15) is 12.8 Å². The van der Waals surface area contributed by atoms with Crippen LogP contribution in [0.25, 0.3) is 0 Å². The molecule has 0 aromatic heterocycles. The first-order valence-electron chi connectivity index (χ1n) is 7.99. The molecule has 2 saturated heterocycles. The third kappa shape index (κ3) is 5.12. The molecule has 0 spiro atoms. The summed E-state index contributed by atoms with van der Waals surface area (Å²) in [7, 11) is -1.93. The van der Waals surface area contributed by atoms with E-state index in [1.54, 1.807) is 12.0 Å². The van der Waals surface area contributed by atoms with Crippen molar-refractivity contribution in [2.24, 2.45) is 0 Å². The Morgan fingerprint density at radius 2 is 1.91 bits per heavy atom. The third-order valence-electron chi connectivity index (χ3n) is 4.09. The van der Waals surface area contributed by atoms with Gasteiger partial charge in [-0.1, -0.05) is 0 Å². The molecule has 2 fully saturated rings. The van der Waals surface area contributed by atoms with Crippen molar-refractivity contribution >= 4 is 15.9 Å². The Morgan fingerprint density at radius 1 is 1.17 bits per heavy atom. The number of methoxy groups -OCH3 is 1. The summed E-state index contributed by atoms with van der Waals surface area (Å²) in [6.45, 7) is 3.40. The molecular weight excluding hydrogens is 324 g/mol. The average molecular weight is 350 g/mol. The van der Waals surface area contributed by atoms with Gasteiger partial charge in [-0.15, -0.1) is 0 Å². The molecule has 2 heterocycles. The maximum atomic E-state index is 12.6. The third-order valence-corrected chi connectivity index (χ3v) is 5.92. The topological polar surface area (TPSA) is 85.4 Å². The molecule has 8 nitrogen and oxygen atoms in total. The molecular formula is C14H26N2O6S. The van der Waals surface area contributed by atoms with Crippen molar-refractivity contribution in [1.29, 1.82) is 0 Å². The molecule has 1 amide bonds. The Bertz CT molecular complexity index is 478. The first-order chi connectivity index (χ1) is 11.1. The van der Waals surface area contributed by atoms with E-state index in [1.807, 2.05) is 0 Å². The van der Waals surface area contributed by atoms with Crippen LogP contribution in [0.4, 0.5) is 0 Å². The first kappa shape index (κ1) is 18.6. The van der Waals surface area contributed by atoms with E-state index in [2.05, 4.69) is 0 Å². The predicted molar refractivity (Wildman–Crippen MR) is 83.6 cm³/mol. The van der Waals surface area contributed by atoms with E-state index < -0.39 is 16.1 Å². The number of sulfonamides is 1. The summed E-state index contributed by atoms with van der Waals surface area (Å²) in [5, 5.41) is 0. The fraction of sp³-hybridized carbons (Fsp3) is 0.929. The largest absolute Gasteiger partial charge is 0.382 e. The van der Waals surface area contributed by atoms with Gasteiger partial charge in [0.05, 0.1) is 38.8 Å². The zero-order valence-electron chi connectivity index (χ0n) is 13.6. The number of morpholine rings is 1. The van der Waals surface area contributed by atoms with Crippen molar-refractivity contribution in [2.75, 3.05) is 65.5 Å². The van der Waals surface area contributed by atoms with Crippen molar-refractivity contribution in [3.63, 3.8) is 0 Å². The van der Waals surface area contributed by atoms with Gasteiger partial charge in [0.1, 0.15) is 6.04 Å². The molecule has 0 aliphatic carbocycles. The Labute approximate surface area is 137 Å². The van der Waals surface area contributed by atoms with Crippen molar-refractivity contribution in [3.8, 4) is 0 Å². The van der Waals surface area contributed by atoms with Crippen LogP contribution in [-0.2, 0) is 29.0 Å². The summed E-state index contributed by atoms with van der Waals surface area (Å²) in [6.07, 6.45) is 1.30. The highest BCUT2D eigenvalue weighted by Gasteiger charge is 2.40. The van der Waals surface area contributed by atoms with Crippen molar-refractivity contribution in [3.05, 3.63) is 0 Å². The van der Waals surface area contributed by atoms with Crippen LogP contribution < -0.4 is 0 Å². The molecule has 0 aromatic rings. The molecule has 9 heteroatoms. The number of hydrogen-bond donors (Lipinski definition) is 0. The highest BCUT2D eigenvalue weighted by Crippen LogP contribution is 2.23. The van der Waals surface area contributed by atoms with Crippen LogP contribution in [0.5, 0.6) is 0 Å². The zero-order valence-corrected chi connectivity index (χ0v) is 14.4. The van der Waals surface area contributed by atoms with Gasteiger partial charge in [-0.05, 0) is 12.8 Å². The minimum absolute atomic E-state index is 0.102. The number of rotatable bonds is 8. The molecule has 0 aromatic carbocycles. The van der Waals surface area contributed by atoms with E-state index in [0.29, 0.717) is 58.9 Å². The molecule has 0 saturated carbocycles. The van der Waals surface area contributed by atoms with Crippen LogP contribution in [0.15, 0.2) is 0 Å². The summed E-state index contributed by atoms with van der Waals surface area (Å²) in [4.78, 5) is 14.3. The SMILES string of the molecule is COCCOCCS(=O)(=O)N1CCCC1C(=O)N1CCOCC1. The second-order valence-corrected chi connectivity index (χ2v) is 7.67. The Kier molecular flexibility index (Phi) is 7.22. The predicted octanol–water partition coefficient (Wildman–Crippen LogP) is -0.698. The van der Waals surface area contributed by atoms with Gasteiger partial charge in [0.25, 0.3) is 0 Å². The zero-order chi connectivity index (χ0) is 16.7. The van der Waals surface area contributed by atoms with Gasteiger partial charge >= 0.3 is 0 Å². The van der Waals surface area contributed by atoms with E-state index in [4.69, 9.17) is 14.2 Å². The smallest absolute Gasteiger partial charge is 0.241 e. The van der Waals surface area contributed by atoms with E-state index in [9.17, 15) is 13.2 Å². The van der Waals surface area contributed by atoms with Crippen LogP contribution in [0, 0.1) is 0 Å². The number of hydrogen-bond acceptors (Lipinski definition) is 6. The molecule has 0 N–H and O–H groups in total. The summed E-state index contributed by atoms with van der Waals surface area (Å²) in [5.74, 6) is -0.210. The molecule has 2 aliphatic rings. The van der Waals surface area contributed by atoms with Crippen molar-refractivity contribution in [1.82, 2.24) is 9.21 Å². The highest BCUT2D eigenvalue weighted by molar-refractivity contribution is 7.89. The summed E-state index contributed by atoms with van der Waals surface area (Å²) in [6, 6.07) is -0.572. The fourth-order valence-electron chi connectivity index (χ4n) is 2.84. The summed E-state index contributed by atoms with van der Waals surface area (Å²) >= 11 is 0. The van der Waals surface area contributed by atoms with E-state index >= 15 is 0 Å². The lowest BCUT2D eigenvalue weighted by molar-refractivity contribution is -0.138. The van der Waals surface area contributed by atoms with Crippen molar-refractivity contribution in [2.45, 2.75) is 18.9 Å². The molecule has 1 unspecified atom stereocenters. The lowest BCUT2D eigenvalue weighted by Gasteiger charge is -2.32. The Hall–Kier alpha value is -0.740. The second-order valence-electron chi connectivity index (χ2n) is 5.63. The maximum absolute atomic E-state index is 12.6. The molecule has 2 rings (SSSR count). The lowest BCUT2D eigenvalue weighted by atomic mass is 10.2. The molecule has 0 radical (unpaired) electrons. The minimum atomic E-state index is -3.49. The molecule has 23 heavy (non-hydrogen) atoms. The number of nitrogens with zero attached hydrogens (tertiary/aromatic N) is 2. The van der Waals surface area contributed by atoms with Gasteiger partial charge in [0, 0.05) is 26.7 Å². The lowest BCUT2D eigenvalue weighted by Crippen LogP contribution is -2.51. The van der Waals surface area contributed by atoms with Gasteiger partial charge in [-0.3, -0.25) is 4.79 Å². The van der Waals surface area contributed by atoms with E-state index in [1.165, 1.54) is 4.31 Å². The normalized spacial score (nSPS) is 23.3. The van der Waals surface area contributed by atoms with Crippen LogP contribution in [0.2, 0.25) is 0 Å². The number of amides is 1. The first-order valence-corrected chi connectivity index (χ1v) is 9.60. The average Bonchev–Trinajstić information content (AvgIpc) is 3.05. The highest BCUT2D eigenvalue weighted by atomic mass is 32.2. The Balaban J connectivity index is 1.89. The quantitative estimate of drug-likeness (QED) is 0.538. The summed E-state index contributed by atoms with van der Waals surface area (Å²) in [5.41, 5.74) is 0. The molecule has 1 atom stereocenters. The van der Waals surface area contributed by atoms with Gasteiger partial charge < -0.3 is 19.1 Å². The number of ether oxygens (including phenoxy) is 3. The van der Waals surface area contributed by atoms with Crippen molar-refractivity contribution < 1.29 is 27.4 Å². The van der Waals surface area contributed by atoms with Crippen LogP contribution in [-0.4, -0.2) is 95.1 Å². The standard InChI is InChI=1S/C14H26N2O6S/c1-20-9-10-22-11-12-23(18,19)16-4-2-3-13(16)14(17)15-5-7-21-8-6-15/h13H,2-12H2,1H3. The van der Waals surface area contributed by atoms with Gasteiger partial charge in [0.15, 0.2) is 0 Å². The fourth-order valence-corrected chi connectivity index (χ4v) is 4.39. The van der Waals surface area contributed by atoms with Crippen LogP contribution >= 0.6 is 0 Å². The minimum Gasteiger partial charge on any atom is -0.382 e. The summed E-state index contributed by atoms with van der Waals surface area (Å²) < 4.78 is 41.6. The Morgan fingerprint density at radius 3 is 2.61 bits per heavy atom.